The first kappa shape index (κ1) is 19.5. The minimum absolute atomic E-state index is 0.0974. The van der Waals surface area contributed by atoms with Gasteiger partial charge in [-0.05, 0) is 32.4 Å². The van der Waals surface area contributed by atoms with Crippen LogP contribution in [0.4, 0.5) is 0 Å². The number of hydrogen-bond acceptors (Lipinski definition) is 5. The lowest BCUT2D eigenvalue weighted by Gasteiger charge is -2.19. The molecule has 7 nitrogen and oxygen atoms in total. The third kappa shape index (κ3) is 3.60. The van der Waals surface area contributed by atoms with Crippen LogP contribution in [0.25, 0.3) is 5.82 Å². The number of carbonyl (C=O) groups excluding carboxylic acids is 1. The van der Waals surface area contributed by atoms with Gasteiger partial charge < -0.3 is 9.64 Å². The molecule has 0 atom stereocenters. The van der Waals surface area contributed by atoms with Gasteiger partial charge >= 0.3 is 0 Å². The minimum atomic E-state index is -0.0974. The molecule has 0 radical (unpaired) electrons. The van der Waals surface area contributed by atoms with Gasteiger partial charge in [0, 0.05) is 30.6 Å². The van der Waals surface area contributed by atoms with Crippen molar-refractivity contribution in [3.63, 3.8) is 0 Å². The fourth-order valence-electron chi connectivity index (χ4n) is 3.30. The smallest absolute Gasteiger partial charge is 0.257 e. The number of methoxy groups -OCH3 is 1. The summed E-state index contributed by atoms with van der Waals surface area (Å²) >= 11 is 0. The van der Waals surface area contributed by atoms with E-state index < -0.39 is 0 Å². The summed E-state index contributed by atoms with van der Waals surface area (Å²) in [6.45, 7) is 6.31. The highest BCUT2D eigenvalue weighted by atomic mass is 16.5. The van der Waals surface area contributed by atoms with E-state index >= 15 is 0 Å². The zero-order chi connectivity index (χ0) is 20.3. The molecule has 3 heterocycles. The maximum Gasteiger partial charge on any atom is 0.257 e. The lowest BCUT2D eigenvalue weighted by Crippen LogP contribution is -2.28. The van der Waals surface area contributed by atoms with Gasteiger partial charge in [-0.15, -0.1) is 0 Å². The molecule has 3 rings (SSSR count). The molecule has 28 heavy (non-hydrogen) atoms. The van der Waals surface area contributed by atoms with Crippen LogP contribution in [-0.4, -0.2) is 44.7 Å². The maximum absolute atomic E-state index is 13.1. The fourth-order valence-corrected chi connectivity index (χ4v) is 3.30. The molecule has 0 saturated heterocycles. The summed E-state index contributed by atoms with van der Waals surface area (Å²) in [6.07, 6.45) is 5.77. The molecule has 0 aliphatic rings. The average Bonchev–Trinajstić information content (AvgIpc) is 3.14. The van der Waals surface area contributed by atoms with Crippen molar-refractivity contribution >= 4 is 5.91 Å². The van der Waals surface area contributed by atoms with E-state index in [9.17, 15) is 4.79 Å². The summed E-state index contributed by atoms with van der Waals surface area (Å²) in [5.74, 6) is 1.41. The van der Waals surface area contributed by atoms with Crippen molar-refractivity contribution in [1.82, 2.24) is 24.6 Å². The van der Waals surface area contributed by atoms with Crippen LogP contribution >= 0.6 is 0 Å². The van der Waals surface area contributed by atoms with Gasteiger partial charge in [0.2, 0.25) is 0 Å². The zero-order valence-electron chi connectivity index (χ0n) is 16.9. The molecular weight excluding hydrogens is 354 g/mol. The van der Waals surface area contributed by atoms with E-state index in [1.54, 1.807) is 42.3 Å². The molecule has 146 valence electrons. The quantitative estimate of drug-likeness (QED) is 0.658. The number of aryl methyl sites for hydroxylation is 1. The van der Waals surface area contributed by atoms with Gasteiger partial charge in [-0.25, -0.2) is 9.67 Å². The normalized spacial score (nSPS) is 10.8. The number of nitrogens with zero attached hydrogens (tertiary/aromatic N) is 5. The minimum Gasteiger partial charge on any atom is -0.496 e. The summed E-state index contributed by atoms with van der Waals surface area (Å²) < 4.78 is 7.19. The Morgan fingerprint density at radius 2 is 2.00 bits per heavy atom. The predicted octanol–water partition coefficient (Wildman–Crippen LogP) is 3.12. The van der Waals surface area contributed by atoms with Crippen LogP contribution in [-0.2, 0) is 13.0 Å². The molecule has 0 N–H and O–H groups in total. The zero-order valence-corrected chi connectivity index (χ0v) is 16.9. The summed E-state index contributed by atoms with van der Waals surface area (Å²) in [5.41, 5.74) is 4.15. The molecule has 7 heteroatoms. The molecule has 0 spiro atoms. The number of amides is 1. The second kappa shape index (κ2) is 8.21. The Bertz CT molecular complexity index is 982. The highest BCUT2D eigenvalue weighted by Crippen LogP contribution is 2.25. The second-order valence-corrected chi connectivity index (χ2v) is 6.67. The summed E-state index contributed by atoms with van der Waals surface area (Å²) in [6, 6.07) is 5.62. The van der Waals surface area contributed by atoms with Crippen molar-refractivity contribution in [1.29, 1.82) is 0 Å². The van der Waals surface area contributed by atoms with Crippen LogP contribution in [0.15, 0.2) is 36.8 Å². The first-order chi connectivity index (χ1) is 13.5. The lowest BCUT2D eigenvalue weighted by atomic mass is 10.1. The Balaban J connectivity index is 1.88. The Morgan fingerprint density at radius 3 is 2.64 bits per heavy atom. The Kier molecular flexibility index (Phi) is 5.73. The molecule has 0 aromatic carbocycles. The number of rotatable bonds is 6. The second-order valence-electron chi connectivity index (χ2n) is 6.67. The Morgan fingerprint density at radius 1 is 1.21 bits per heavy atom. The molecule has 0 unspecified atom stereocenters. The third-order valence-corrected chi connectivity index (χ3v) is 4.78. The summed E-state index contributed by atoms with van der Waals surface area (Å²) in [5, 5.41) is 4.40. The first-order valence-electron chi connectivity index (χ1n) is 9.20. The van der Waals surface area contributed by atoms with E-state index in [4.69, 9.17) is 4.74 Å². The van der Waals surface area contributed by atoms with Crippen LogP contribution in [0.2, 0.25) is 0 Å². The van der Waals surface area contributed by atoms with E-state index in [0.717, 1.165) is 28.3 Å². The Hall–Kier alpha value is -3.22. The SMILES string of the molecule is CCc1c(C(=O)N(C)Cc2ncc(C)c(OC)c2C)cnn1-c1ccccn1. The third-order valence-electron chi connectivity index (χ3n) is 4.78. The van der Waals surface area contributed by atoms with E-state index in [0.29, 0.717) is 24.3 Å². The van der Waals surface area contributed by atoms with Crippen molar-refractivity contribution in [3.05, 3.63) is 64.9 Å². The standard InChI is InChI=1S/C21H25N5O2/c1-6-18-16(12-24-26(18)19-9-7-8-10-22-19)21(27)25(4)13-17-15(3)20(28-5)14(2)11-23-17/h7-12H,6,13H2,1-5H3. The Labute approximate surface area is 165 Å². The largest absolute Gasteiger partial charge is 0.496 e. The van der Waals surface area contributed by atoms with Crippen molar-refractivity contribution in [2.24, 2.45) is 0 Å². The fraction of sp³-hybridized carbons (Fsp3) is 0.333. The summed E-state index contributed by atoms with van der Waals surface area (Å²) in [4.78, 5) is 23.6. The van der Waals surface area contributed by atoms with Crippen LogP contribution in [0, 0.1) is 13.8 Å². The van der Waals surface area contributed by atoms with Gasteiger partial charge in [0.15, 0.2) is 5.82 Å². The van der Waals surface area contributed by atoms with Crippen LogP contribution < -0.4 is 4.74 Å². The molecular formula is C21H25N5O2. The topological polar surface area (TPSA) is 73.1 Å². The maximum atomic E-state index is 13.1. The molecule has 0 bridgehead atoms. The molecule has 0 aliphatic carbocycles. The molecule has 0 saturated carbocycles. The van der Waals surface area contributed by atoms with E-state index in [1.807, 2.05) is 39.0 Å². The highest BCUT2D eigenvalue weighted by Gasteiger charge is 2.22. The van der Waals surface area contributed by atoms with Crippen molar-refractivity contribution < 1.29 is 9.53 Å². The van der Waals surface area contributed by atoms with Crippen molar-refractivity contribution in [3.8, 4) is 11.6 Å². The number of hydrogen-bond donors (Lipinski definition) is 0. The van der Waals surface area contributed by atoms with Crippen molar-refractivity contribution in [2.75, 3.05) is 14.2 Å². The van der Waals surface area contributed by atoms with Gasteiger partial charge in [0.25, 0.3) is 5.91 Å². The van der Waals surface area contributed by atoms with Crippen LogP contribution in [0.3, 0.4) is 0 Å². The molecule has 3 aromatic heterocycles. The average molecular weight is 379 g/mol. The molecule has 0 fully saturated rings. The van der Waals surface area contributed by atoms with Crippen LogP contribution in [0.1, 0.15) is 39.8 Å². The van der Waals surface area contributed by atoms with E-state index in [1.165, 1.54) is 0 Å². The van der Waals surface area contributed by atoms with Crippen LogP contribution in [0.5, 0.6) is 5.75 Å². The monoisotopic (exact) mass is 379 g/mol. The number of aromatic nitrogens is 4. The van der Waals surface area contributed by atoms with E-state index in [-0.39, 0.29) is 5.91 Å². The van der Waals surface area contributed by atoms with Gasteiger partial charge in [-0.1, -0.05) is 13.0 Å². The predicted molar refractivity (Wildman–Crippen MR) is 107 cm³/mol. The van der Waals surface area contributed by atoms with Gasteiger partial charge in [-0.3, -0.25) is 9.78 Å². The van der Waals surface area contributed by atoms with Gasteiger partial charge in [0.1, 0.15) is 5.75 Å². The first-order valence-corrected chi connectivity index (χ1v) is 9.20. The number of pyridine rings is 2. The van der Waals surface area contributed by atoms with Gasteiger partial charge in [-0.2, -0.15) is 5.10 Å². The van der Waals surface area contributed by atoms with Crippen molar-refractivity contribution in [2.45, 2.75) is 33.7 Å². The highest BCUT2D eigenvalue weighted by molar-refractivity contribution is 5.95. The van der Waals surface area contributed by atoms with E-state index in [2.05, 4.69) is 15.1 Å². The number of ether oxygens (including phenoxy) is 1. The number of carbonyl (C=O) groups is 1. The molecule has 0 aliphatic heterocycles. The molecule has 3 aromatic rings. The summed E-state index contributed by atoms with van der Waals surface area (Å²) in [7, 11) is 3.42. The van der Waals surface area contributed by atoms with Gasteiger partial charge in [0.05, 0.1) is 36.8 Å². The lowest BCUT2D eigenvalue weighted by molar-refractivity contribution is 0.0782. The molecule has 1 amide bonds.